The largest absolute Gasteiger partial charge is 0.437 e. The van der Waals surface area contributed by atoms with E-state index in [0.717, 1.165) is 17.5 Å². The first kappa shape index (κ1) is 16.0. The Hall–Kier alpha value is -2.90. The van der Waals surface area contributed by atoms with E-state index in [0.29, 0.717) is 18.5 Å². The molecule has 1 unspecified atom stereocenters. The third kappa shape index (κ3) is 3.70. The summed E-state index contributed by atoms with van der Waals surface area (Å²) in [6.45, 7) is 0.327. The number of aromatic nitrogens is 2. The average molecular weight is 330 g/mol. The zero-order valence-corrected chi connectivity index (χ0v) is 13.0. The van der Waals surface area contributed by atoms with Crippen LogP contribution in [0.2, 0.25) is 0 Å². The van der Waals surface area contributed by atoms with Crippen molar-refractivity contribution >= 4 is 11.8 Å². The molecule has 0 aliphatic carbocycles. The highest BCUT2D eigenvalue weighted by Gasteiger charge is 2.23. The van der Waals surface area contributed by atoms with Crippen molar-refractivity contribution in [3.05, 3.63) is 40.9 Å². The number of nitrogens with zero attached hydrogens (tertiary/aromatic N) is 2. The van der Waals surface area contributed by atoms with Crippen LogP contribution < -0.4 is 16.4 Å². The summed E-state index contributed by atoms with van der Waals surface area (Å²) in [6, 6.07) is 8.37. The molecule has 0 saturated carbocycles. The molecule has 0 radical (unpaired) electrons. The highest BCUT2D eigenvalue weighted by Crippen LogP contribution is 2.13. The summed E-state index contributed by atoms with van der Waals surface area (Å²) in [7, 11) is 0. The second kappa shape index (κ2) is 7.12. The monoisotopic (exact) mass is 330 g/mol. The quantitative estimate of drug-likeness (QED) is 0.838. The molecule has 24 heavy (non-hydrogen) atoms. The first-order valence-corrected chi connectivity index (χ1v) is 7.84. The maximum atomic E-state index is 12.1. The molecule has 1 aromatic carbocycles. The van der Waals surface area contributed by atoms with Crippen molar-refractivity contribution in [1.29, 1.82) is 0 Å². The molecule has 2 aromatic rings. The van der Waals surface area contributed by atoms with E-state index in [-0.39, 0.29) is 18.3 Å². The lowest BCUT2D eigenvalue weighted by molar-refractivity contribution is -0.129. The Labute approximate surface area is 137 Å². The van der Waals surface area contributed by atoms with Gasteiger partial charge in [-0.25, -0.2) is 4.79 Å². The molecule has 8 nitrogen and oxygen atoms in total. The number of nitrogens with one attached hydrogen (secondary N) is 2. The molecule has 0 spiro atoms. The molecule has 0 bridgehead atoms. The van der Waals surface area contributed by atoms with Crippen LogP contribution in [0.5, 0.6) is 0 Å². The number of rotatable bonds is 4. The molecule has 2 N–H and O–H groups in total. The Kier molecular flexibility index (Phi) is 4.74. The minimum absolute atomic E-state index is 0.153. The second-order valence-corrected chi connectivity index (χ2v) is 5.60. The summed E-state index contributed by atoms with van der Waals surface area (Å²) < 4.78 is 6.02. The van der Waals surface area contributed by atoms with E-state index in [1.54, 1.807) is 24.3 Å². The summed E-state index contributed by atoms with van der Waals surface area (Å²) in [4.78, 5) is 35.8. The van der Waals surface area contributed by atoms with Crippen LogP contribution in [0.1, 0.15) is 19.3 Å². The van der Waals surface area contributed by atoms with Gasteiger partial charge in [-0.05, 0) is 31.4 Å². The summed E-state index contributed by atoms with van der Waals surface area (Å²) in [5.41, 5.74) is 0.650. The number of amides is 2. The van der Waals surface area contributed by atoms with Crippen LogP contribution in [-0.2, 0) is 16.1 Å². The van der Waals surface area contributed by atoms with E-state index < -0.39 is 17.7 Å². The van der Waals surface area contributed by atoms with Crippen LogP contribution in [0, 0.1) is 0 Å². The van der Waals surface area contributed by atoms with Crippen molar-refractivity contribution < 1.29 is 14.0 Å². The molecule has 1 atom stereocenters. The zero-order chi connectivity index (χ0) is 16.9. The number of hydrogen-bond donors (Lipinski definition) is 2. The maximum absolute atomic E-state index is 12.1. The molecule has 3 rings (SSSR count). The van der Waals surface area contributed by atoms with Crippen molar-refractivity contribution in [3.8, 4) is 11.5 Å². The lowest BCUT2D eigenvalue weighted by Gasteiger charge is -2.14. The van der Waals surface area contributed by atoms with Gasteiger partial charge >= 0.3 is 5.76 Å². The van der Waals surface area contributed by atoms with E-state index in [4.69, 9.17) is 4.42 Å². The minimum Gasteiger partial charge on any atom is -0.388 e. The summed E-state index contributed by atoms with van der Waals surface area (Å²) >= 11 is 0. The molecule has 1 aromatic heterocycles. The van der Waals surface area contributed by atoms with Gasteiger partial charge in [-0.15, -0.1) is 5.10 Å². The molecular formula is C16H18N4O4. The molecule has 1 aliphatic heterocycles. The molecular weight excluding hydrogens is 312 g/mol. The Balaban J connectivity index is 1.67. The number of benzene rings is 1. The van der Waals surface area contributed by atoms with Crippen LogP contribution >= 0.6 is 0 Å². The van der Waals surface area contributed by atoms with E-state index in [1.165, 1.54) is 0 Å². The van der Waals surface area contributed by atoms with Crippen LogP contribution in [0.4, 0.5) is 0 Å². The lowest BCUT2D eigenvalue weighted by atomic mass is 10.1. The first-order valence-electron chi connectivity index (χ1n) is 7.84. The maximum Gasteiger partial charge on any atom is 0.437 e. The van der Waals surface area contributed by atoms with E-state index >= 15 is 0 Å². The molecule has 1 fully saturated rings. The Morgan fingerprint density at radius 1 is 1.29 bits per heavy atom. The van der Waals surface area contributed by atoms with Gasteiger partial charge in [0.05, 0.1) is 0 Å². The highest BCUT2D eigenvalue weighted by molar-refractivity contribution is 5.87. The fourth-order valence-corrected chi connectivity index (χ4v) is 2.56. The normalized spacial score (nSPS) is 17.8. The Morgan fingerprint density at radius 3 is 2.88 bits per heavy atom. The molecule has 1 aliphatic rings. The number of hydrogen-bond acceptors (Lipinski definition) is 5. The Bertz CT molecular complexity index is 781. The first-order chi connectivity index (χ1) is 11.6. The summed E-state index contributed by atoms with van der Waals surface area (Å²) in [5, 5.41) is 9.41. The van der Waals surface area contributed by atoms with E-state index in [9.17, 15) is 14.4 Å². The van der Waals surface area contributed by atoms with E-state index in [1.807, 2.05) is 6.07 Å². The molecule has 126 valence electrons. The average Bonchev–Trinajstić information content (AvgIpc) is 2.82. The van der Waals surface area contributed by atoms with Crippen molar-refractivity contribution in [2.75, 3.05) is 6.54 Å². The lowest BCUT2D eigenvalue weighted by Crippen LogP contribution is -2.47. The van der Waals surface area contributed by atoms with Gasteiger partial charge in [0.1, 0.15) is 12.6 Å². The van der Waals surface area contributed by atoms with Crippen LogP contribution in [0.3, 0.4) is 0 Å². The van der Waals surface area contributed by atoms with Gasteiger partial charge in [0.25, 0.3) is 0 Å². The topological polar surface area (TPSA) is 106 Å². The van der Waals surface area contributed by atoms with E-state index in [2.05, 4.69) is 15.7 Å². The van der Waals surface area contributed by atoms with Gasteiger partial charge in [-0.3, -0.25) is 9.59 Å². The third-order valence-corrected chi connectivity index (χ3v) is 3.79. The van der Waals surface area contributed by atoms with Crippen molar-refractivity contribution in [3.63, 3.8) is 0 Å². The predicted molar refractivity (Wildman–Crippen MR) is 85.0 cm³/mol. The van der Waals surface area contributed by atoms with Crippen molar-refractivity contribution in [1.82, 2.24) is 20.4 Å². The van der Waals surface area contributed by atoms with Gasteiger partial charge in [0, 0.05) is 12.1 Å². The fourth-order valence-electron chi connectivity index (χ4n) is 2.56. The standard InChI is InChI=1S/C16H18N4O4/c21-13(18-12-8-4-5-9-17-14(12)22)10-20-16(23)24-15(19-20)11-6-2-1-3-7-11/h1-3,6-7,12H,4-5,8-10H2,(H,17,22)(H,18,21). The number of carbonyl (C=O) groups excluding carboxylic acids is 2. The van der Waals surface area contributed by atoms with Gasteiger partial charge in [0.2, 0.25) is 17.7 Å². The van der Waals surface area contributed by atoms with Crippen LogP contribution in [-0.4, -0.2) is 34.2 Å². The predicted octanol–water partition coefficient (Wildman–Crippen LogP) is 0.288. The SMILES string of the molecule is O=C(Cn1nc(-c2ccccc2)oc1=O)NC1CCCCNC1=O. The van der Waals surface area contributed by atoms with Crippen LogP contribution in [0.25, 0.3) is 11.5 Å². The van der Waals surface area contributed by atoms with Crippen LogP contribution in [0.15, 0.2) is 39.5 Å². The highest BCUT2D eigenvalue weighted by atomic mass is 16.4. The summed E-state index contributed by atoms with van der Waals surface area (Å²) in [6.07, 6.45) is 2.33. The van der Waals surface area contributed by atoms with Gasteiger partial charge < -0.3 is 15.1 Å². The van der Waals surface area contributed by atoms with Gasteiger partial charge in [-0.1, -0.05) is 18.2 Å². The van der Waals surface area contributed by atoms with Gasteiger partial charge in [0.15, 0.2) is 0 Å². The van der Waals surface area contributed by atoms with Crippen molar-refractivity contribution in [2.24, 2.45) is 0 Å². The minimum atomic E-state index is -0.714. The fraction of sp³-hybridized carbons (Fsp3) is 0.375. The molecule has 1 saturated heterocycles. The third-order valence-electron chi connectivity index (χ3n) is 3.79. The van der Waals surface area contributed by atoms with Gasteiger partial charge in [-0.2, -0.15) is 4.68 Å². The Morgan fingerprint density at radius 2 is 2.08 bits per heavy atom. The summed E-state index contributed by atoms with van der Waals surface area (Å²) in [5.74, 6) is -1.21. The molecule has 2 amide bonds. The number of carbonyl (C=O) groups is 2. The second-order valence-electron chi connectivity index (χ2n) is 5.60. The van der Waals surface area contributed by atoms with Crippen molar-refractivity contribution in [2.45, 2.75) is 31.8 Å². The molecule has 8 heteroatoms. The zero-order valence-electron chi connectivity index (χ0n) is 13.0. The smallest absolute Gasteiger partial charge is 0.388 e. The molecule has 2 heterocycles.